The molecule has 0 spiro atoms. The van der Waals surface area contributed by atoms with E-state index in [-0.39, 0.29) is 11.1 Å². The molecule has 2 N–H and O–H groups in total. The van der Waals surface area contributed by atoms with Crippen molar-refractivity contribution in [2.45, 2.75) is 69.6 Å². The van der Waals surface area contributed by atoms with Crippen LogP contribution in [0.4, 0.5) is 0 Å². The first kappa shape index (κ1) is 13.3. The molecule has 0 radical (unpaired) electrons. The summed E-state index contributed by atoms with van der Waals surface area (Å²) in [6.45, 7) is 6.64. The van der Waals surface area contributed by atoms with E-state index in [0.717, 1.165) is 6.54 Å². The molecule has 1 aliphatic carbocycles. The van der Waals surface area contributed by atoms with Crippen molar-refractivity contribution < 1.29 is 4.74 Å². The molecule has 0 amide bonds. The molecular weight excluding hydrogens is 212 g/mol. The van der Waals surface area contributed by atoms with Crippen LogP contribution in [0.25, 0.3) is 0 Å². The van der Waals surface area contributed by atoms with Crippen molar-refractivity contribution in [3.05, 3.63) is 0 Å². The quantitative estimate of drug-likeness (QED) is 0.821. The average molecular weight is 240 g/mol. The maximum absolute atomic E-state index is 6.18. The number of ether oxygens (including phenoxy) is 1. The van der Waals surface area contributed by atoms with Gasteiger partial charge in [-0.25, -0.2) is 0 Å². The molecule has 2 rings (SSSR count). The summed E-state index contributed by atoms with van der Waals surface area (Å²) in [7, 11) is 1.85. The molecule has 3 nitrogen and oxygen atoms in total. The highest BCUT2D eigenvalue weighted by molar-refractivity contribution is 5.07. The van der Waals surface area contributed by atoms with E-state index >= 15 is 0 Å². The Hall–Kier alpha value is -0.120. The molecule has 1 aliphatic heterocycles. The molecule has 0 aromatic heterocycles. The van der Waals surface area contributed by atoms with Crippen LogP contribution in [-0.2, 0) is 4.74 Å². The number of rotatable bonds is 3. The summed E-state index contributed by atoms with van der Waals surface area (Å²) < 4.78 is 5.78. The second-order valence-corrected chi connectivity index (χ2v) is 6.35. The van der Waals surface area contributed by atoms with E-state index in [0.29, 0.717) is 6.10 Å². The number of hydrogen-bond acceptors (Lipinski definition) is 3. The number of nitrogens with zero attached hydrogens (tertiary/aromatic N) is 1. The lowest BCUT2D eigenvalue weighted by Gasteiger charge is -2.53. The predicted molar refractivity (Wildman–Crippen MR) is 71.1 cm³/mol. The first-order valence-corrected chi connectivity index (χ1v) is 7.07. The van der Waals surface area contributed by atoms with Crippen molar-refractivity contribution >= 4 is 0 Å². The van der Waals surface area contributed by atoms with E-state index in [1.165, 1.54) is 45.1 Å². The van der Waals surface area contributed by atoms with Crippen LogP contribution in [0, 0.1) is 0 Å². The Morgan fingerprint density at radius 3 is 2.53 bits per heavy atom. The molecule has 0 aromatic carbocycles. The first-order valence-electron chi connectivity index (χ1n) is 7.07. The molecule has 100 valence electrons. The molecule has 0 aromatic rings. The number of likely N-dealkylation sites (tertiary alicyclic amines) is 1. The van der Waals surface area contributed by atoms with Crippen molar-refractivity contribution in [2.24, 2.45) is 5.73 Å². The molecule has 3 heteroatoms. The van der Waals surface area contributed by atoms with Crippen LogP contribution in [0.15, 0.2) is 0 Å². The zero-order chi connectivity index (χ0) is 12.5. The third-order valence-electron chi connectivity index (χ3n) is 5.00. The lowest BCUT2D eigenvalue weighted by molar-refractivity contribution is -0.0966. The molecular formula is C14H28N2O. The highest BCUT2D eigenvalue weighted by atomic mass is 16.5. The van der Waals surface area contributed by atoms with Crippen LogP contribution >= 0.6 is 0 Å². The zero-order valence-corrected chi connectivity index (χ0v) is 11.7. The standard InChI is InChI=1S/C14H28N2O/c1-13(2)8-6-10-16(13)14(11-15)9-5-4-7-12(14)17-3/h12H,4-11,15H2,1-3H3. The number of methoxy groups -OCH3 is 1. The lowest BCUT2D eigenvalue weighted by Crippen LogP contribution is -2.66. The molecule has 0 bridgehead atoms. The molecule has 2 aliphatic rings. The van der Waals surface area contributed by atoms with Crippen molar-refractivity contribution in [2.75, 3.05) is 20.2 Å². The van der Waals surface area contributed by atoms with Crippen molar-refractivity contribution in [3.8, 4) is 0 Å². The van der Waals surface area contributed by atoms with Gasteiger partial charge >= 0.3 is 0 Å². The third-order valence-corrected chi connectivity index (χ3v) is 5.00. The number of nitrogens with two attached hydrogens (primary N) is 1. The SMILES string of the molecule is COC1CCCCC1(CN)N1CCCC1(C)C. The highest BCUT2D eigenvalue weighted by Crippen LogP contribution is 2.43. The Morgan fingerprint density at radius 2 is 2.00 bits per heavy atom. The summed E-state index contributed by atoms with van der Waals surface area (Å²) >= 11 is 0. The molecule has 2 fully saturated rings. The molecule has 1 saturated carbocycles. The van der Waals surface area contributed by atoms with Gasteiger partial charge in [0.15, 0.2) is 0 Å². The maximum Gasteiger partial charge on any atom is 0.0767 e. The second kappa shape index (κ2) is 4.87. The van der Waals surface area contributed by atoms with Gasteiger partial charge in [-0.3, -0.25) is 4.90 Å². The van der Waals surface area contributed by atoms with Crippen LogP contribution in [0.2, 0.25) is 0 Å². The smallest absolute Gasteiger partial charge is 0.0767 e. The Balaban J connectivity index is 2.28. The fourth-order valence-electron chi connectivity index (χ4n) is 4.11. The van der Waals surface area contributed by atoms with Crippen LogP contribution in [-0.4, -0.2) is 42.3 Å². The van der Waals surface area contributed by atoms with Gasteiger partial charge in [0.25, 0.3) is 0 Å². The van der Waals surface area contributed by atoms with Gasteiger partial charge in [-0.15, -0.1) is 0 Å². The Bertz CT molecular complexity index is 267. The van der Waals surface area contributed by atoms with Crippen LogP contribution in [0.1, 0.15) is 52.4 Å². The van der Waals surface area contributed by atoms with E-state index in [4.69, 9.17) is 10.5 Å². The van der Waals surface area contributed by atoms with E-state index < -0.39 is 0 Å². The van der Waals surface area contributed by atoms with Gasteiger partial charge in [0.2, 0.25) is 0 Å². The van der Waals surface area contributed by atoms with E-state index in [1.807, 2.05) is 7.11 Å². The second-order valence-electron chi connectivity index (χ2n) is 6.35. The Labute approximate surface area is 106 Å². The van der Waals surface area contributed by atoms with Crippen molar-refractivity contribution in [1.82, 2.24) is 4.90 Å². The third kappa shape index (κ3) is 2.13. The molecule has 2 unspecified atom stereocenters. The van der Waals surface area contributed by atoms with Gasteiger partial charge in [0.05, 0.1) is 11.6 Å². The van der Waals surface area contributed by atoms with Crippen LogP contribution < -0.4 is 5.73 Å². The Kier molecular flexibility index (Phi) is 3.81. The molecule has 2 atom stereocenters. The Morgan fingerprint density at radius 1 is 1.24 bits per heavy atom. The summed E-state index contributed by atoms with van der Waals surface area (Å²) in [6.07, 6.45) is 7.85. The lowest BCUT2D eigenvalue weighted by atomic mass is 9.76. The predicted octanol–water partition coefficient (Wildman–Crippen LogP) is 2.15. The van der Waals surface area contributed by atoms with Crippen LogP contribution in [0.5, 0.6) is 0 Å². The van der Waals surface area contributed by atoms with Gasteiger partial charge in [-0.05, 0) is 46.1 Å². The van der Waals surface area contributed by atoms with Gasteiger partial charge in [-0.2, -0.15) is 0 Å². The summed E-state index contributed by atoms with van der Waals surface area (Å²) in [5.74, 6) is 0. The van der Waals surface area contributed by atoms with Gasteiger partial charge in [0.1, 0.15) is 0 Å². The zero-order valence-electron chi connectivity index (χ0n) is 11.7. The minimum atomic E-state index is 0.0903. The molecule has 17 heavy (non-hydrogen) atoms. The van der Waals surface area contributed by atoms with Crippen molar-refractivity contribution in [3.63, 3.8) is 0 Å². The van der Waals surface area contributed by atoms with E-state index in [1.54, 1.807) is 0 Å². The van der Waals surface area contributed by atoms with E-state index in [9.17, 15) is 0 Å². The maximum atomic E-state index is 6.18. The normalized spacial score (nSPS) is 38.5. The summed E-state index contributed by atoms with van der Waals surface area (Å²) in [5, 5.41) is 0. The van der Waals surface area contributed by atoms with E-state index in [2.05, 4.69) is 18.7 Å². The minimum absolute atomic E-state index is 0.0903. The monoisotopic (exact) mass is 240 g/mol. The summed E-state index contributed by atoms with van der Waals surface area (Å²) in [4.78, 5) is 2.66. The van der Waals surface area contributed by atoms with Gasteiger partial charge in [0, 0.05) is 19.2 Å². The molecule has 1 heterocycles. The average Bonchev–Trinajstić information content (AvgIpc) is 2.69. The first-order chi connectivity index (χ1) is 8.07. The largest absolute Gasteiger partial charge is 0.379 e. The van der Waals surface area contributed by atoms with Gasteiger partial charge < -0.3 is 10.5 Å². The minimum Gasteiger partial charge on any atom is -0.379 e. The highest BCUT2D eigenvalue weighted by Gasteiger charge is 2.51. The fraction of sp³-hybridized carbons (Fsp3) is 1.00. The fourth-order valence-corrected chi connectivity index (χ4v) is 4.11. The molecule has 1 saturated heterocycles. The summed E-state index contributed by atoms with van der Waals surface area (Å²) in [6, 6.07) is 0. The summed E-state index contributed by atoms with van der Waals surface area (Å²) in [5.41, 5.74) is 6.56. The topological polar surface area (TPSA) is 38.5 Å². The van der Waals surface area contributed by atoms with Crippen LogP contribution in [0.3, 0.4) is 0 Å². The number of hydrogen-bond donors (Lipinski definition) is 1. The van der Waals surface area contributed by atoms with Crippen molar-refractivity contribution in [1.29, 1.82) is 0 Å². The van der Waals surface area contributed by atoms with Gasteiger partial charge in [-0.1, -0.05) is 12.8 Å².